The number of fused-ring (bicyclic) bond motifs is 6. The van der Waals surface area contributed by atoms with E-state index in [1.165, 1.54) is 22.4 Å². The van der Waals surface area contributed by atoms with Crippen LogP contribution in [-0.2, 0) is 14.9 Å². The zero-order chi connectivity index (χ0) is 25.6. The van der Waals surface area contributed by atoms with Gasteiger partial charge < -0.3 is 14.4 Å². The molecule has 0 N–H and O–H groups in total. The molecule has 0 saturated carbocycles. The Balaban J connectivity index is 1.44. The molecule has 4 aromatic rings. The van der Waals surface area contributed by atoms with E-state index in [9.17, 15) is 4.79 Å². The zero-order valence-electron chi connectivity index (χ0n) is 21.2. The minimum absolute atomic E-state index is 0.365. The highest BCUT2D eigenvalue weighted by molar-refractivity contribution is 6.02. The van der Waals surface area contributed by atoms with Crippen LogP contribution in [0.4, 0.5) is 11.4 Å². The lowest BCUT2D eigenvalue weighted by Crippen LogP contribution is -2.62. The van der Waals surface area contributed by atoms with E-state index in [0.29, 0.717) is 6.61 Å². The molecule has 2 heterocycles. The van der Waals surface area contributed by atoms with Crippen molar-refractivity contribution >= 4 is 45.1 Å². The third-order valence-corrected chi connectivity index (χ3v) is 7.80. The summed E-state index contributed by atoms with van der Waals surface area (Å²) in [6, 6.07) is 25.3. The topological polar surface area (TPSA) is 51.1 Å². The van der Waals surface area contributed by atoms with Crippen LogP contribution < -0.4 is 9.64 Å². The van der Waals surface area contributed by atoms with Crippen LogP contribution >= 0.6 is 0 Å². The molecule has 0 aromatic heterocycles. The van der Waals surface area contributed by atoms with Crippen LogP contribution in [-0.4, -0.2) is 31.1 Å². The van der Waals surface area contributed by atoms with Gasteiger partial charge in [0.2, 0.25) is 5.72 Å². The van der Waals surface area contributed by atoms with E-state index in [2.05, 4.69) is 79.9 Å². The molecule has 0 radical (unpaired) electrons. The van der Waals surface area contributed by atoms with Crippen LogP contribution in [0.15, 0.2) is 90.4 Å². The number of hydrogen-bond acceptors (Lipinski definition) is 5. The van der Waals surface area contributed by atoms with E-state index in [1.54, 1.807) is 0 Å². The molecule has 4 aromatic carbocycles. The van der Waals surface area contributed by atoms with Crippen LogP contribution in [0.3, 0.4) is 0 Å². The van der Waals surface area contributed by atoms with Crippen LogP contribution in [0.25, 0.3) is 21.5 Å². The normalized spacial score (nSPS) is 19.0. The number of ether oxygens (including phenoxy) is 2. The third kappa shape index (κ3) is 3.52. The van der Waals surface area contributed by atoms with Gasteiger partial charge in [-0.3, -0.25) is 4.99 Å². The summed E-state index contributed by atoms with van der Waals surface area (Å²) in [7, 11) is 0. The Morgan fingerprint density at radius 2 is 1.68 bits per heavy atom. The molecule has 186 valence electrons. The largest absolute Gasteiger partial charge is 0.463 e. The molecule has 2 aliphatic rings. The summed E-state index contributed by atoms with van der Waals surface area (Å²) in [6.07, 6.45) is 4.78. The quantitative estimate of drug-likeness (QED) is 0.164. The molecule has 37 heavy (non-hydrogen) atoms. The number of carbonyl (C=O) groups excluding carboxylic acids is 1. The standard InChI is InChI=1S/C32H30N2O3/c1-4-28(35)36-20-10-9-19-34-26-17-15-22-11-5-7-13-24(22)29(26)31(2,3)32(34)21-33-30-25-14-8-6-12-23(25)16-18-27(30)37-32/h4-8,11-18,21H,1,9-10,19-20H2,2-3H3. The van der Waals surface area contributed by atoms with Crippen LogP contribution in [0, 0.1) is 0 Å². The predicted octanol–water partition coefficient (Wildman–Crippen LogP) is 7.09. The van der Waals surface area contributed by atoms with Gasteiger partial charge in [-0.05, 0) is 60.5 Å². The van der Waals surface area contributed by atoms with Crippen LogP contribution in [0.5, 0.6) is 5.75 Å². The van der Waals surface area contributed by atoms with Crippen molar-refractivity contribution in [2.45, 2.75) is 37.8 Å². The second kappa shape index (κ2) is 8.77. The lowest BCUT2D eigenvalue weighted by Gasteiger charge is -2.46. The first kappa shape index (κ1) is 23.3. The van der Waals surface area contributed by atoms with E-state index in [1.807, 2.05) is 24.4 Å². The summed E-state index contributed by atoms with van der Waals surface area (Å²) in [4.78, 5) is 18.9. The van der Waals surface area contributed by atoms with Crippen molar-refractivity contribution < 1.29 is 14.3 Å². The first-order valence-electron chi connectivity index (χ1n) is 12.8. The van der Waals surface area contributed by atoms with Gasteiger partial charge in [0.05, 0.1) is 18.2 Å². The van der Waals surface area contributed by atoms with Crippen molar-refractivity contribution in [3.63, 3.8) is 0 Å². The van der Waals surface area contributed by atoms with E-state index < -0.39 is 11.1 Å². The molecule has 6 rings (SSSR count). The summed E-state index contributed by atoms with van der Waals surface area (Å²) in [5, 5.41) is 4.67. The number of hydrogen-bond donors (Lipinski definition) is 0. The fourth-order valence-corrected chi connectivity index (χ4v) is 5.94. The second-order valence-electron chi connectivity index (χ2n) is 10.2. The number of rotatable bonds is 6. The lowest BCUT2D eigenvalue weighted by molar-refractivity contribution is -0.137. The molecular weight excluding hydrogens is 460 g/mol. The molecule has 0 bridgehead atoms. The summed E-state index contributed by atoms with van der Waals surface area (Å²) in [6.45, 7) is 9.07. The molecule has 0 aliphatic carbocycles. The molecule has 0 saturated heterocycles. The monoisotopic (exact) mass is 490 g/mol. The van der Waals surface area contributed by atoms with Crippen molar-refractivity contribution in [1.29, 1.82) is 0 Å². The summed E-state index contributed by atoms with van der Waals surface area (Å²) in [5.41, 5.74) is 2.09. The Kier molecular flexibility index (Phi) is 5.52. The second-order valence-corrected chi connectivity index (χ2v) is 10.2. The van der Waals surface area contributed by atoms with Gasteiger partial charge in [-0.1, -0.05) is 67.2 Å². The highest BCUT2D eigenvalue weighted by Gasteiger charge is 2.60. The smallest absolute Gasteiger partial charge is 0.330 e. The van der Waals surface area contributed by atoms with Crippen molar-refractivity contribution in [2.75, 3.05) is 18.1 Å². The fourth-order valence-electron chi connectivity index (χ4n) is 5.94. The average molecular weight is 491 g/mol. The number of esters is 1. The van der Waals surface area contributed by atoms with E-state index in [4.69, 9.17) is 14.5 Å². The molecule has 5 nitrogen and oxygen atoms in total. The molecule has 1 unspecified atom stereocenters. The first-order valence-corrected chi connectivity index (χ1v) is 12.8. The molecular formula is C32H30N2O3. The van der Waals surface area contributed by atoms with Crippen molar-refractivity contribution in [3.05, 3.63) is 91.0 Å². The highest BCUT2D eigenvalue weighted by Crippen LogP contribution is 2.56. The van der Waals surface area contributed by atoms with Gasteiger partial charge in [-0.25, -0.2) is 4.79 Å². The molecule has 1 spiro atoms. The van der Waals surface area contributed by atoms with Gasteiger partial charge in [-0.2, -0.15) is 0 Å². The first-order chi connectivity index (χ1) is 18.0. The minimum Gasteiger partial charge on any atom is -0.463 e. The van der Waals surface area contributed by atoms with Gasteiger partial charge in [0.25, 0.3) is 0 Å². The van der Waals surface area contributed by atoms with Gasteiger partial charge in [-0.15, -0.1) is 0 Å². The predicted molar refractivity (Wildman–Crippen MR) is 150 cm³/mol. The minimum atomic E-state index is -0.799. The number of carbonyl (C=O) groups is 1. The Bertz CT molecular complexity index is 1570. The lowest BCUT2D eigenvalue weighted by atomic mass is 9.75. The number of aliphatic imine (C=N–C) groups is 1. The molecule has 2 aliphatic heterocycles. The average Bonchev–Trinajstić information content (AvgIpc) is 3.10. The Morgan fingerprint density at radius 1 is 0.973 bits per heavy atom. The van der Waals surface area contributed by atoms with Gasteiger partial charge in [0, 0.05) is 23.7 Å². The number of unbranched alkanes of at least 4 members (excludes halogenated alkanes) is 1. The number of nitrogens with zero attached hydrogens (tertiary/aromatic N) is 2. The Hall–Kier alpha value is -4.12. The molecule has 0 amide bonds. The van der Waals surface area contributed by atoms with Gasteiger partial charge in [0.15, 0.2) is 0 Å². The van der Waals surface area contributed by atoms with Crippen LogP contribution in [0.1, 0.15) is 32.3 Å². The number of anilines is 1. The molecule has 0 fully saturated rings. The Morgan fingerprint density at radius 3 is 2.46 bits per heavy atom. The van der Waals surface area contributed by atoms with Crippen molar-refractivity contribution in [2.24, 2.45) is 4.99 Å². The van der Waals surface area contributed by atoms with Gasteiger partial charge >= 0.3 is 5.97 Å². The van der Waals surface area contributed by atoms with Crippen LogP contribution in [0.2, 0.25) is 0 Å². The van der Waals surface area contributed by atoms with E-state index >= 15 is 0 Å². The highest BCUT2D eigenvalue weighted by atomic mass is 16.5. The zero-order valence-corrected chi connectivity index (χ0v) is 21.2. The van der Waals surface area contributed by atoms with Crippen molar-refractivity contribution in [1.82, 2.24) is 0 Å². The third-order valence-electron chi connectivity index (χ3n) is 7.80. The molecule has 5 heteroatoms. The maximum absolute atomic E-state index is 11.5. The fraction of sp³-hybridized carbons (Fsp3) is 0.250. The van der Waals surface area contributed by atoms with Crippen molar-refractivity contribution in [3.8, 4) is 5.75 Å². The summed E-state index contributed by atoms with van der Waals surface area (Å²) < 4.78 is 12.3. The van der Waals surface area contributed by atoms with E-state index in [-0.39, 0.29) is 5.97 Å². The Labute approximate surface area is 217 Å². The maximum Gasteiger partial charge on any atom is 0.330 e. The van der Waals surface area contributed by atoms with Gasteiger partial charge in [0.1, 0.15) is 11.4 Å². The maximum atomic E-state index is 11.5. The van der Waals surface area contributed by atoms with E-state index in [0.717, 1.165) is 47.3 Å². The summed E-state index contributed by atoms with van der Waals surface area (Å²) in [5.74, 6) is 0.401. The molecule has 1 atom stereocenters. The summed E-state index contributed by atoms with van der Waals surface area (Å²) >= 11 is 0. The number of benzene rings is 4. The SMILES string of the molecule is C=CC(=O)OCCCCN1c2ccc3ccccc3c2C(C)(C)C12C=Nc1c(ccc3ccccc13)O2.